The molecule has 0 unspecified atom stereocenters. The van der Waals surface area contributed by atoms with Crippen molar-refractivity contribution in [2.45, 2.75) is 13.0 Å². The maximum absolute atomic E-state index is 10.5. The van der Waals surface area contributed by atoms with Gasteiger partial charge in [0.05, 0.1) is 6.04 Å². The van der Waals surface area contributed by atoms with Crippen molar-refractivity contribution in [3.8, 4) is 0 Å². The Bertz CT molecular complexity index is 84.1. The molecule has 0 fully saturated rings. The van der Waals surface area contributed by atoms with Crippen molar-refractivity contribution in [2.75, 3.05) is 5.75 Å². The summed E-state index contributed by atoms with van der Waals surface area (Å²) in [5.74, 6) is 0.701. The molecule has 0 aromatic carbocycles. The lowest BCUT2D eigenvalue weighted by atomic mass is 10.3. The van der Waals surface area contributed by atoms with Crippen LogP contribution in [0.15, 0.2) is 0 Å². The summed E-state index contributed by atoms with van der Waals surface area (Å²) in [4.78, 5) is 10.5. The van der Waals surface area contributed by atoms with Gasteiger partial charge in [0.25, 0.3) is 0 Å². The minimum absolute atomic E-state index is 0.0843. The molecular weight excluding hydrogens is 237 g/mol. The van der Waals surface area contributed by atoms with Crippen molar-refractivity contribution < 1.29 is 4.79 Å². The van der Waals surface area contributed by atoms with Crippen LogP contribution in [0.25, 0.3) is 0 Å². The van der Waals surface area contributed by atoms with Gasteiger partial charge in [-0.1, -0.05) is 0 Å². The zero-order valence-electron chi connectivity index (χ0n) is 4.52. The first-order valence-electron chi connectivity index (χ1n) is 2.19. The molecule has 1 N–H and O–H groups in total. The topological polar surface area (TPSA) is 29.1 Å². The Labute approximate surface area is 68.3 Å². The van der Waals surface area contributed by atoms with E-state index in [1.54, 1.807) is 6.92 Å². The number of nitrogens with one attached hydrogen (secondary N) is 1. The Hall–Kier alpha value is 0.710. The Morgan fingerprint density at radius 3 is 2.50 bits per heavy atom. The average molecular weight is 245 g/mol. The monoisotopic (exact) mass is 245 g/mol. The second-order valence-corrected chi connectivity index (χ2v) is 2.44. The van der Waals surface area contributed by atoms with E-state index < -0.39 is 0 Å². The van der Waals surface area contributed by atoms with Gasteiger partial charge in [-0.15, -0.1) is 0 Å². The lowest BCUT2D eigenvalue weighted by Crippen LogP contribution is -2.29. The van der Waals surface area contributed by atoms with Crippen molar-refractivity contribution in [2.24, 2.45) is 0 Å². The van der Waals surface area contributed by atoms with Crippen LogP contribution in [0.2, 0.25) is 0 Å². The van der Waals surface area contributed by atoms with Crippen LogP contribution < -0.4 is 3.53 Å². The van der Waals surface area contributed by atoms with Crippen molar-refractivity contribution >= 4 is 41.3 Å². The van der Waals surface area contributed by atoms with E-state index in [-0.39, 0.29) is 11.8 Å². The summed E-state index contributed by atoms with van der Waals surface area (Å²) in [5.41, 5.74) is 0. The molecule has 4 heteroatoms. The van der Waals surface area contributed by atoms with Crippen LogP contribution in [0.1, 0.15) is 6.92 Å². The van der Waals surface area contributed by atoms with Crippen molar-refractivity contribution in [1.82, 2.24) is 3.53 Å². The van der Waals surface area contributed by atoms with Gasteiger partial charge in [-0.2, -0.15) is 12.6 Å². The van der Waals surface area contributed by atoms with Crippen molar-refractivity contribution in [1.29, 1.82) is 0 Å². The second kappa shape index (κ2) is 4.58. The summed E-state index contributed by atoms with van der Waals surface area (Å²) in [5, 5.41) is 0. The molecule has 2 nitrogen and oxygen atoms in total. The van der Waals surface area contributed by atoms with E-state index in [2.05, 4.69) is 16.2 Å². The average Bonchev–Trinajstić information content (AvgIpc) is 1.69. The second-order valence-electron chi connectivity index (χ2n) is 1.45. The number of carbonyl (C=O) groups is 1. The first-order valence-corrected chi connectivity index (χ1v) is 3.91. The molecule has 0 aromatic rings. The number of hydrogen-bond acceptors (Lipinski definition) is 3. The van der Waals surface area contributed by atoms with E-state index >= 15 is 0 Å². The first kappa shape index (κ1) is 8.71. The number of hydrogen-bond donors (Lipinski definition) is 2. The molecule has 0 amide bonds. The van der Waals surface area contributed by atoms with E-state index in [1.807, 2.05) is 22.9 Å². The highest BCUT2D eigenvalue weighted by Gasteiger charge is 2.07. The summed E-state index contributed by atoms with van der Waals surface area (Å²) < 4.78 is 2.80. The highest BCUT2D eigenvalue weighted by Crippen LogP contribution is 1.91. The van der Waals surface area contributed by atoms with E-state index in [0.29, 0.717) is 5.75 Å². The molecule has 0 aliphatic rings. The Morgan fingerprint density at radius 2 is 2.50 bits per heavy atom. The summed E-state index contributed by atoms with van der Waals surface area (Å²) in [7, 11) is 0. The first-order chi connectivity index (χ1) is 3.72. The molecule has 0 aliphatic carbocycles. The molecule has 0 spiro atoms. The van der Waals surface area contributed by atoms with Gasteiger partial charge in [-0.3, -0.25) is 4.79 Å². The molecule has 8 heavy (non-hydrogen) atoms. The number of thiol groups is 1. The van der Waals surface area contributed by atoms with Crippen LogP contribution >= 0.6 is 35.5 Å². The molecular formula is C4H8INOS. The molecule has 0 heterocycles. The van der Waals surface area contributed by atoms with Crippen LogP contribution in [-0.4, -0.2) is 17.6 Å². The van der Waals surface area contributed by atoms with Gasteiger partial charge >= 0.3 is 0 Å². The lowest BCUT2D eigenvalue weighted by molar-refractivity contribution is -0.117. The third-order valence-corrected chi connectivity index (χ3v) is 1.92. The van der Waals surface area contributed by atoms with Gasteiger partial charge in [0.2, 0.25) is 0 Å². The van der Waals surface area contributed by atoms with Gasteiger partial charge in [0.1, 0.15) is 5.78 Å². The molecule has 0 radical (unpaired) electrons. The molecule has 0 aliphatic heterocycles. The highest BCUT2D eigenvalue weighted by atomic mass is 127. The van der Waals surface area contributed by atoms with E-state index in [9.17, 15) is 4.79 Å². The van der Waals surface area contributed by atoms with Crippen LogP contribution in [0.5, 0.6) is 0 Å². The molecule has 0 aromatic heterocycles. The number of rotatable bonds is 3. The normalized spacial score (nSPS) is 13.4. The quantitative estimate of drug-likeness (QED) is 0.437. The maximum Gasteiger partial charge on any atom is 0.148 e. The van der Waals surface area contributed by atoms with Crippen LogP contribution in [0.3, 0.4) is 0 Å². The molecule has 0 bridgehead atoms. The van der Waals surface area contributed by atoms with Crippen LogP contribution in [-0.2, 0) is 4.79 Å². The van der Waals surface area contributed by atoms with Gasteiger partial charge in [-0.25, -0.2) is 3.53 Å². The highest BCUT2D eigenvalue weighted by molar-refractivity contribution is 14.1. The fraction of sp³-hybridized carbons (Fsp3) is 0.750. The summed E-state index contributed by atoms with van der Waals surface area (Å²) in [6.45, 7) is 1.55. The van der Waals surface area contributed by atoms with Crippen LogP contribution in [0, 0.1) is 0 Å². The summed E-state index contributed by atoms with van der Waals surface area (Å²) in [6, 6.07) is -0.0843. The molecule has 0 rings (SSSR count). The molecule has 0 saturated carbocycles. The lowest BCUT2D eigenvalue weighted by Gasteiger charge is -2.04. The minimum atomic E-state index is -0.0843. The smallest absolute Gasteiger partial charge is 0.148 e. The largest absolute Gasteiger partial charge is 0.298 e. The SMILES string of the molecule is CC(=O)[C@H](CS)NI. The van der Waals surface area contributed by atoms with E-state index in [4.69, 9.17) is 0 Å². The zero-order chi connectivity index (χ0) is 6.57. The predicted octanol–water partition coefficient (Wildman–Crippen LogP) is 0.813. The standard InChI is InChI=1S/C4H8INOS/c1-3(7)4(2-8)6-5/h4,6,8H,2H2,1H3/t4-/m0/s1. The molecule has 1 atom stereocenters. The third-order valence-electron chi connectivity index (χ3n) is 0.805. The zero-order valence-corrected chi connectivity index (χ0v) is 7.57. The number of carbonyl (C=O) groups excluding carboxylic acids is 1. The van der Waals surface area contributed by atoms with Crippen molar-refractivity contribution in [3.63, 3.8) is 0 Å². The fourth-order valence-corrected chi connectivity index (χ4v) is 1.60. The Balaban J connectivity index is 3.52. The fourth-order valence-electron chi connectivity index (χ4n) is 0.240. The van der Waals surface area contributed by atoms with Crippen LogP contribution in [0.4, 0.5) is 0 Å². The van der Waals surface area contributed by atoms with E-state index in [1.165, 1.54) is 0 Å². The third kappa shape index (κ3) is 2.88. The van der Waals surface area contributed by atoms with E-state index in [0.717, 1.165) is 0 Å². The molecule has 48 valence electrons. The Kier molecular flexibility index (Phi) is 4.98. The number of halogens is 1. The van der Waals surface area contributed by atoms with Gasteiger partial charge in [0, 0.05) is 28.6 Å². The summed E-state index contributed by atoms with van der Waals surface area (Å²) in [6.07, 6.45) is 0. The van der Waals surface area contributed by atoms with Crippen molar-refractivity contribution in [3.05, 3.63) is 0 Å². The van der Waals surface area contributed by atoms with Gasteiger partial charge in [-0.05, 0) is 6.92 Å². The minimum Gasteiger partial charge on any atom is -0.298 e. The number of ketones is 1. The van der Waals surface area contributed by atoms with Gasteiger partial charge < -0.3 is 0 Å². The summed E-state index contributed by atoms with van der Waals surface area (Å²) >= 11 is 5.89. The van der Waals surface area contributed by atoms with Gasteiger partial charge in [0.15, 0.2) is 0 Å². The predicted molar refractivity (Wildman–Crippen MR) is 45.5 cm³/mol. The Morgan fingerprint density at radius 1 is 2.00 bits per heavy atom. The number of Topliss-reactive ketones (excluding diaryl/α,β-unsaturated/α-hetero) is 1. The molecule has 0 saturated heterocycles. The maximum atomic E-state index is 10.5.